The number of carbonyl (C=O) groups excluding carboxylic acids is 1. The van der Waals surface area contributed by atoms with Crippen LogP contribution in [0.2, 0.25) is 0 Å². The van der Waals surface area contributed by atoms with Crippen molar-refractivity contribution in [2.45, 2.75) is 59.0 Å². The Morgan fingerprint density at radius 1 is 1.50 bits per heavy atom. The molecule has 0 saturated carbocycles. The summed E-state index contributed by atoms with van der Waals surface area (Å²) in [5.74, 6) is 0.234. The van der Waals surface area contributed by atoms with Crippen LogP contribution < -0.4 is 5.73 Å². The van der Waals surface area contributed by atoms with E-state index in [2.05, 4.69) is 6.92 Å². The van der Waals surface area contributed by atoms with Gasteiger partial charge in [0.2, 0.25) is 5.91 Å². The predicted molar refractivity (Wildman–Crippen MR) is 75.4 cm³/mol. The lowest BCUT2D eigenvalue weighted by Gasteiger charge is -2.32. The van der Waals surface area contributed by atoms with E-state index in [0.29, 0.717) is 6.61 Å². The van der Waals surface area contributed by atoms with E-state index < -0.39 is 6.04 Å². The average Bonchev–Trinajstić information content (AvgIpc) is 2.47. The first-order chi connectivity index (χ1) is 8.57. The Balaban J connectivity index is 0.00000137. The fraction of sp³-hybridized carbons (Fsp3) is 0.929. The van der Waals surface area contributed by atoms with E-state index in [9.17, 15) is 4.79 Å². The molecule has 1 fully saturated rings. The van der Waals surface area contributed by atoms with Gasteiger partial charge in [-0.25, -0.2) is 0 Å². The Bertz CT molecular complexity index is 228. The smallest absolute Gasteiger partial charge is 0.239 e. The molecule has 1 heterocycles. The zero-order chi connectivity index (χ0) is 14.1. The molecule has 1 rings (SSSR count). The van der Waals surface area contributed by atoms with Gasteiger partial charge < -0.3 is 15.4 Å². The first kappa shape index (κ1) is 17.4. The van der Waals surface area contributed by atoms with Crippen LogP contribution in [0.5, 0.6) is 0 Å². The molecule has 0 aromatic carbocycles. The van der Waals surface area contributed by atoms with Crippen molar-refractivity contribution in [1.82, 2.24) is 4.90 Å². The van der Waals surface area contributed by atoms with Crippen molar-refractivity contribution in [2.24, 2.45) is 11.7 Å². The van der Waals surface area contributed by atoms with Crippen LogP contribution in [-0.2, 0) is 9.53 Å². The summed E-state index contributed by atoms with van der Waals surface area (Å²) in [6.07, 6.45) is 2.97. The molecule has 2 N–H and O–H groups in total. The highest BCUT2D eigenvalue weighted by atomic mass is 16.5. The second-order valence-electron chi connectivity index (χ2n) is 4.71. The number of likely N-dealkylation sites (N-methyl/N-ethyl adjacent to an activating group) is 1. The zero-order valence-electron chi connectivity index (χ0n) is 12.6. The van der Waals surface area contributed by atoms with Gasteiger partial charge in [0.25, 0.3) is 0 Å². The van der Waals surface area contributed by atoms with E-state index in [1.54, 1.807) is 4.90 Å². The summed E-state index contributed by atoms with van der Waals surface area (Å²) in [5.41, 5.74) is 6.01. The van der Waals surface area contributed by atoms with Crippen molar-refractivity contribution in [1.29, 1.82) is 0 Å². The molecule has 3 atom stereocenters. The van der Waals surface area contributed by atoms with E-state index in [1.165, 1.54) is 0 Å². The molecule has 1 amide bonds. The molecule has 0 aromatic heterocycles. The number of nitrogens with two attached hydrogens (primary N) is 1. The van der Waals surface area contributed by atoms with Crippen molar-refractivity contribution >= 4 is 5.91 Å². The summed E-state index contributed by atoms with van der Waals surface area (Å²) >= 11 is 0. The van der Waals surface area contributed by atoms with Crippen LogP contribution in [0.1, 0.15) is 47.0 Å². The maximum absolute atomic E-state index is 12.1. The molecular weight excluding hydrogens is 228 g/mol. The summed E-state index contributed by atoms with van der Waals surface area (Å²) < 4.78 is 5.37. The molecule has 3 unspecified atom stereocenters. The van der Waals surface area contributed by atoms with Crippen LogP contribution in [0.3, 0.4) is 0 Å². The summed E-state index contributed by atoms with van der Waals surface area (Å²) in [7, 11) is 1.83. The molecule has 0 aromatic rings. The fourth-order valence-electron chi connectivity index (χ4n) is 1.98. The maximum Gasteiger partial charge on any atom is 0.239 e. The highest BCUT2D eigenvalue weighted by Gasteiger charge is 2.29. The average molecular weight is 258 g/mol. The minimum absolute atomic E-state index is 0.0462. The quantitative estimate of drug-likeness (QED) is 0.839. The molecule has 4 nitrogen and oxygen atoms in total. The molecule has 0 radical (unpaired) electrons. The highest BCUT2D eigenvalue weighted by molar-refractivity contribution is 5.82. The Morgan fingerprint density at radius 3 is 2.56 bits per heavy atom. The molecule has 4 heteroatoms. The predicted octanol–water partition coefficient (Wildman–Crippen LogP) is 2.02. The van der Waals surface area contributed by atoms with Crippen LogP contribution >= 0.6 is 0 Å². The van der Waals surface area contributed by atoms with Gasteiger partial charge in [-0.3, -0.25) is 4.79 Å². The number of rotatable bonds is 4. The Kier molecular flexibility index (Phi) is 9.02. The topological polar surface area (TPSA) is 55.6 Å². The van der Waals surface area contributed by atoms with Gasteiger partial charge in [0, 0.05) is 25.6 Å². The van der Waals surface area contributed by atoms with Crippen LogP contribution in [0, 0.1) is 5.92 Å². The number of nitrogens with zero attached hydrogens (tertiary/aromatic N) is 1. The van der Waals surface area contributed by atoms with Crippen LogP contribution in [0.4, 0.5) is 0 Å². The normalized spacial score (nSPS) is 22.4. The van der Waals surface area contributed by atoms with E-state index in [4.69, 9.17) is 10.5 Å². The third-order valence-corrected chi connectivity index (χ3v) is 3.59. The van der Waals surface area contributed by atoms with Crippen molar-refractivity contribution < 1.29 is 9.53 Å². The van der Waals surface area contributed by atoms with Crippen LogP contribution in [0.25, 0.3) is 0 Å². The first-order valence-corrected chi connectivity index (χ1v) is 7.18. The van der Waals surface area contributed by atoms with E-state index in [-0.39, 0.29) is 17.9 Å². The Hall–Kier alpha value is -0.610. The minimum atomic E-state index is -0.403. The molecule has 0 spiro atoms. The van der Waals surface area contributed by atoms with Gasteiger partial charge in [-0.1, -0.05) is 20.8 Å². The van der Waals surface area contributed by atoms with Gasteiger partial charge >= 0.3 is 0 Å². The molecule has 1 aliphatic heterocycles. The van der Waals surface area contributed by atoms with Crippen molar-refractivity contribution in [3.63, 3.8) is 0 Å². The minimum Gasteiger partial charge on any atom is -0.381 e. The molecular formula is C14H30N2O2. The molecule has 108 valence electrons. The van der Waals surface area contributed by atoms with Crippen molar-refractivity contribution in [3.8, 4) is 0 Å². The van der Waals surface area contributed by atoms with Gasteiger partial charge in [-0.2, -0.15) is 0 Å². The van der Waals surface area contributed by atoms with Crippen LogP contribution in [-0.4, -0.2) is 43.2 Å². The van der Waals surface area contributed by atoms with Gasteiger partial charge in [-0.15, -0.1) is 0 Å². The zero-order valence-corrected chi connectivity index (χ0v) is 12.6. The molecule has 0 bridgehead atoms. The number of amides is 1. The summed E-state index contributed by atoms with van der Waals surface area (Å²) in [5, 5.41) is 0. The fourth-order valence-corrected chi connectivity index (χ4v) is 1.98. The third kappa shape index (κ3) is 4.94. The number of hydrogen-bond donors (Lipinski definition) is 1. The number of hydrogen-bond acceptors (Lipinski definition) is 3. The Morgan fingerprint density at radius 2 is 2.11 bits per heavy atom. The first-order valence-electron chi connectivity index (χ1n) is 7.18. The van der Waals surface area contributed by atoms with E-state index in [1.807, 2.05) is 27.8 Å². The summed E-state index contributed by atoms with van der Waals surface area (Å²) in [6.45, 7) is 9.55. The number of carbonyl (C=O) groups is 1. The highest BCUT2D eigenvalue weighted by Crippen LogP contribution is 2.18. The lowest BCUT2D eigenvalue weighted by atomic mass is 9.93. The standard InChI is InChI=1S/C12H24N2O2.C2H6/c1-4-9(2)14(3)12(15)11(13)10-6-5-7-16-8-10;1-2/h9-11H,4-8,13H2,1-3H3;1-2H3. The number of ether oxygens (including phenoxy) is 1. The largest absolute Gasteiger partial charge is 0.381 e. The molecule has 18 heavy (non-hydrogen) atoms. The molecule has 1 aliphatic rings. The van der Waals surface area contributed by atoms with Gasteiger partial charge in [0.05, 0.1) is 12.6 Å². The SMILES string of the molecule is CC.CCC(C)N(C)C(=O)C(N)C1CCCOC1. The molecule has 0 aliphatic carbocycles. The van der Waals surface area contributed by atoms with Gasteiger partial charge in [-0.05, 0) is 26.2 Å². The van der Waals surface area contributed by atoms with E-state index >= 15 is 0 Å². The monoisotopic (exact) mass is 258 g/mol. The molecule has 1 saturated heterocycles. The second-order valence-corrected chi connectivity index (χ2v) is 4.71. The third-order valence-electron chi connectivity index (χ3n) is 3.59. The lowest BCUT2D eigenvalue weighted by molar-refractivity contribution is -0.135. The summed E-state index contributed by atoms with van der Waals surface area (Å²) in [6, 6.07) is -0.151. The van der Waals surface area contributed by atoms with Crippen LogP contribution in [0.15, 0.2) is 0 Å². The van der Waals surface area contributed by atoms with E-state index in [0.717, 1.165) is 25.9 Å². The lowest BCUT2D eigenvalue weighted by Crippen LogP contribution is -2.50. The summed E-state index contributed by atoms with van der Waals surface area (Å²) in [4.78, 5) is 13.9. The Labute approximate surface area is 112 Å². The van der Waals surface area contributed by atoms with Crippen molar-refractivity contribution in [3.05, 3.63) is 0 Å². The van der Waals surface area contributed by atoms with Crippen molar-refractivity contribution in [2.75, 3.05) is 20.3 Å². The van der Waals surface area contributed by atoms with Gasteiger partial charge in [0.1, 0.15) is 0 Å². The second kappa shape index (κ2) is 9.34. The van der Waals surface area contributed by atoms with Gasteiger partial charge in [0.15, 0.2) is 0 Å². The maximum atomic E-state index is 12.1.